The smallest absolute Gasteiger partial charge is 0.253 e. The zero-order valence-electron chi connectivity index (χ0n) is 12.9. The zero-order valence-corrected chi connectivity index (χ0v) is 13.7. The number of hydrogen-bond acceptors (Lipinski definition) is 4. The summed E-state index contributed by atoms with van der Waals surface area (Å²) < 4.78 is 24.2. The van der Waals surface area contributed by atoms with Crippen LogP contribution in [-0.2, 0) is 29.2 Å². The third-order valence-electron chi connectivity index (χ3n) is 3.15. The second-order valence-corrected chi connectivity index (χ2v) is 7.59. The average molecular weight is 321 g/mol. The molecule has 2 aromatic rings. The lowest BCUT2D eigenvalue weighted by Gasteiger charge is -2.16. The van der Waals surface area contributed by atoms with Crippen LogP contribution < -0.4 is 0 Å². The fourth-order valence-corrected chi connectivity index (χ4v) is 2.96. The highest BCUT2D eigenvalue weighted by molar-refractivity contribution is 7.89. The Kier molecular flexibility index (Phi) is 4.65. The molecule has 2 rings (SSSR count). The van der Waals surface area contributed by atoms with Crippen molar-refractivity contribution in [2.75, 3.05) is 13.3 Å². The molecular formula is C15H19N3O3S. The molecule has 0 bridgehead atoms. The Morgan fingerprint density at radius 1 is 1.23 bits per heavy atom. The highest BCUT2D eigenvalue weighted by Gasteiger charge is 2.13. The summed E-state index contributed by atoms with van der Waals surface area (Å²) in [6.07, 6.45) is 4.77. The molecule has 0 aliphatic heterocycles. The van der Waals surface area contributed by atoms with Crippen LogP contribution in [0.5, 0.6) is 0 Å². The summed E-state index contributed by atoms with van der Waals surface area (Å²) in [6, 6.07) is 6.66. The first kappa shape index (κ1) is 16.2. The van der Waals surface area contributed by atoms with Crippen LogP contribution in [0.15, 0.2) is 36.7 Å². The van der Waals surface area contributed by atoms with Crippen LogP contribution in [-0.4, -0.2) is 42.3 Å². The monoisotopic (exact) mass is 321 g/mol. The average Bonchev–Trinajstić information content (AvgIpc) is 2.82. The number of aromatic nitrogens is 2. The van der Waals surface area contributed by atoms with Gasteiger partial charge in [-0.2, -0.15) is 5.10 Å². The van der Waals surface area contributed by atoms with Crippen LogP contribution in [0, 0.1) is 0 Å². The van der Waals surface area contributed by atoms with Gasteiger partial charge in [0.25, 0.3) is 5.91 Å². The summed E-state index contributed by atoms with van der Waals surface area (Å²) in [5.41, 5.74) is 2.16. The van der Waals surface area contributed by atoms with Gasteiger partial charge in [0, 0.05) is 44.2 Å². The van der Waals surface area contributed by atoms with Crippen LogP contribution >= 0.6 is 0 Å². The van der Waals surface area contributed by atoms with Crippen LogP contribution in [0.3, 0.4) is 0 Å². The molecular weight excluding hydrogens is 302 g/mol. The molecule has 6 nitrogen and oxygen atoms in total. The summed E-state index contributed by atoms with van der Waals surface area (Å²) in [5.74, 6) is -0.137. The van der Waals surface area contributed by atoms with Crippen LogP contribution in [0.4, 0.5) is 0 Å². The van der Waals surface area contributed by atoms with Gasteiger partial charge >= 0.3 is 0 Å². The zero-order chi connectivity index (χ0) is 16.3. The maximum Gasteiger partial charge on any atom is 0.253 e. The van der Waals surface area contributed by atoms with E-state index in [4.69, 9.17) is 0 Å². The van der Waals surface area contributed by atoms with Crippen molar-refractivity contribution in [2.45, 2.75) is 12.3 Å². The van der Waals surface area contributed by atoms with Gasteiger partial charge in [-0.25, -0.2) is 8.42 Å². The molecule has 1 amide bonds. The van der Waals surface area contributed by atoms with E-state index < -0.39 is 9.84 Å². The normalized spacial score (nSPS) is 11.4. The summed E-state index contributed by atoms with van der Waals surface area (Å²) >= 11 is 0. The van der Waals surface area contributed by atoms with E-state index in [0.29, 0.717) is 17.7 Å². The quantitative estimate of drug-likeness (QED) is 0.830. The van der Waals surface area contributed by atoms with E-state index in [9.17, 15) is 13.2 Å². The molecule has 0 fully saturated rings. The van der Waals surface area contributed by atoms with E-state index in [-0.39, 0.29) is 11.7 Å². The Balaban J connectivity index is 2.05. The minimum absolute atomic E-state index is 0.0208. The second kappa shape index (κ2) is 6.31. The topological polar surface area (TPSA) is 72.3 Å². The first-order chi connectivity index (χ1) is 10.2. The number of sulfone groups is 1. The van der Waals surface area contributed by atoms with Crippen molar-refractivity contribution >= 4 is 15.7 Å². The van der Waals surface area contributed by atoms with Gasteiger partial charge in [0.05, 0.1) is 11.9 Å². The van der Waals surface area contributed by atoms with Gasteiger partial charge in [0.15, 0.2) is 9.84 Å². The van der Waals surface area contributed by atoms with Crippen molar-refractivity contribution in [3.63, 3.8) is 0 Å². The molecule has 1 heterocycles. The molecule has 0 saturated heterocycles. The van der Waals surface area contributed by atoms with E-state index in [0.717, 1.165) is 5.56 Å². The van der Waals surface area contributed by atoms with Gasteiger partial charge in [-0.15, -0.1) is 0 Å². The van der Waals surface area contributed by atoms with Crippen LogP contribution in [0.1, 0.15) is 21.5 Å². The molecule has 0 atom stereocenters. The third kappa shape index (κ3) is 4.42. The van der Waals surface area contributed by atoms with Gasteiger partial charge in [-0.1, -0.05) is 12.1 Å². The fourth-order valence-electron chi connectivity index (χ4n) is 2.17. The maximum absolute atomic E-state index is 12.3. The lowest BCUT2D eigenvalue weighted by Crippen LogP contribution is -2.26. The van der Waals surface area contributed by atoms with E-state index in [1.807, 2.05) is 13.2 Å². The molecule has 0 aliphatic carbocycles. The number of benzene rings is 1. The van der Waals surface area contributed by atoms with Gasteiger partial charge < -0.3 is 4.90 Å². The molecule has 0 spiro atoms. The number of amides is 1. The summed E-state index contributed by atoms with van der Waals surface area (Å²) in [5, 5.41) is 4.07. The Morgan fingerprint density at radius 3 is 2.36 bits per heavy atom. The molecule has 0 unspecified atom stereocenters. The van der Waals surface area contributed by atoms with E-state index in [2.05, 4.69) is 5.10 Å². The molecule has 22 heavy (non-hydrogen) atoms. The highest BCUT2D eigenvalue weighted by Crippen LogP contribution is 2.11. The predicted molar refractivity (Wildman–Crippen MR) is 84.0 cm³/mol. The number of rotatable bonds is 5. The molecule has 1 aromatic carbocycles. The largest absolute Gasteiger partial charge is 0.337 e. The van der Waals surface area contributed by atoms with Crippen molar-refractivity contribution in [3.8, 4) is 0 Å². The summed E-state index contributed by atoms with van der Waals surface area (Å²) in [7, 11) is 0.478. The fraction of sp³-hybridized carbons (Fsp3) is 0.333. The first-order valence-corrected chi connectivity index (χ1v) is 8.80. The summed E-state index contributed by atoms with van der Waals surface area (Å²) in [4.78, 5) is 13.9. The van der Waals surface area contributed by atoms with E-state index >= 15 is 0 Å². The number of nitrogens with zero attached hydrogens (tertiary/aromatic N) is 3. The molecule has 0 aliphatic rings. The van der Waals surface area contributed by atoms with Gasteiger partial charge in [-0.3, -0.25) is 9.48 Å². The van der Waals surface area contributed by atoms with Crippen LogP contribution in [0.2, 0.25) is 0 Å². The highest BCUT2D eigenvalue weighted by atomic mass is 32.2. The number of hydrogen-bond donors (Lipinski definition) is 0. The Morgan fingerprint density at radius 2 is 1.86 bits per heavy atom. The SMILES string of the molecule is CN(Cc1cnn(C)c1)C(=O)c1ccc(CS(C)(=O)=O)cc1. The first-order valence-electron chi connectivity index (χ1n) is 6.74. The third-order valence-corrected chi connectivity index (χ3v) is 4.01. The predicted octanol–water partition coefficient (Wildman–Crippen LogP) is 1.24. The van der Waals surface area contributed by atoms with Crippen molar-refractivity contribution in [1.82, 2.24) is 14.7 Å². The summed E-state index contributed by atoms with van der Waals surface area (Å²) in [6.45, 7) is 0.470. The molecule has 1 aromatic heterocycles. The van der Waals surface area contributed by atoms with Gasteiger partial charge in [-0.05, 0) is 17.7 Å². The number of aryl methyl sites for hydroxylation is 1. The van der Waals surface area contributed by atoms with Crippen molar-refractivity contribution in [3.05, 3.63) is 53.3 Å². The second-order valence-electron chi connectivity index (χ2n) is 5.45. The molecule has 0 radical (unpaired) electrons. The number of carbonyl (C=O) groups is 1. The Labute approximate surface area is 130 Å². The lowest BCUT2D eigenvalue weighted by molar-refractivity contribution is 0.0785. The standard InChI is InChI=1S/C15H19N3O3S/c1-17(9-13-8-16-18(2)10-13)15(19)14-6-4-12(5-7-14)11-22(3,20)21/h4-8,10H,9,11H2,1-3H3. The Bertz CT molecular complexity index is 764. The van der Waals surface area contributed by atoms with E-state index in [1.54, 1.807) is 47.1 Å². The number of carbonyl (C=O) groups excluding carboxylic acids is 1. The van der Waals surface area contributed by atoms with Crippen molar-refractivity contribution in [2.24, 2.45) is 7.05 Å². The van der Waals surface area contributed by atoms with Crippen molar-refractivity contribution < 1.29 is 13.2 Å². The minimum atomic E-state index is -3.07. The van der Waals surface area contributed by atoms with Crippen molar-refractivity contribution in [1.29, 1.82) is 0 Å². The molecule has 7 heteroatoms. The molecule has 118 valence electrons. The molecule has 0 N–H and O–H groups in total. The maximum atomic E-state index is 12.3. The van der Waals surface area contributed by atoms with Crippen LogP contribution in [0.25, 0.3) is 0 Å². The Hall–Kier alpha value is -2.15. The van der Waals surface area contributed by atoms with Gasteiger partial charge in [0.2, 0.25) is 0 Å². The van der Waals surface area contributed by atoms with E-state index in [1.165, 1.54) is 6.26 Å². The lowest BCUT2D eigenvalue weighted by atomic mass is 10.1. The molecule has 0 saturated carbocycles. The minimum Gasteiger partial charge on any atom is -0.337 e. The van der Waals surface area contributed by atoms with Gasteiger partial charge in [0.1, 0.15) is 0 Å².